The Hall–Kier alpha value is -2.51. The van der Waals surface area contributed by atoms with E-state index in [-0.39, 0.29) is 5.91 Å². The van der Waals surface area contributed by atoms with Crippen molar-refractivity contribution in [1.29, 1.82) is 0 Å². The Labute approximate surface area is 153 Å². The van der Waals surface area contributed by atoms with E-state index in [2.05, 4.69) is 10.3 Å². The first kappa shape index (κ1) is 17.3. The van der Waals surface area contributed by atoms with Crippen molar-refractivity contribution < 1.29 is 18.7 Å². The molecule has 0 atom stereocenters. The second kappa shape index (κ2) is 7.16. The third-order valence-corrected chi connectivity index (χ3v) is 4.75. The lowest BCUT2D eigenvalue weighted by atomic mass is 10.2. The van der Waals surface area contributed by atoms with Gasteiger partial charge < -0.3 is 19.2 Å². The van der Waals surface area contributed by atoms with E-state index in [0.29, 0.717) is 38.7 Å². The van der Waals surface area contributed by atoms with Gasteiger partial charge in [-0.15, -0.1) is 11.3 Å². The van der Waals surface area contributed by atoms with Crippen LogP contribution in [0.4, 0.5) is 5.69 Å². The Balaban J connectivity index is 1.89. The molecular formula is C17H15ClN2O4S. The fraction of sp³-hybridized carbons (Fsp3) is 0.176. The zero-order valence-corrected chi connectivity index (χ0v) is 15.3. The van der Waals surface area contributed by atoms with Gasteiger partial charge in [0, 0.05) is 10.9 Å². The standard InChI is InChI=1S/C17H15ClN2O4S/c1-9-15(20-17(25-9)12-5-4-6-24-12)16(21)19-11-7-10(18)13(22-2)8-14(11)23-3/h4-8H,1-3H3,(H,19,21). The monoisotopic (exact) mass is 378 g/mol. The molecule has 3 aromatic rings. The number of halogens is 1. The molecule has 0 radical (unpaired) electrons. The number of aryl methyl sites for hydroxylation is 1. The highest BCUT2D eigenvalue weighted by Crippen LogP contribution is 2.36. The molecule has 0 saturated heterocycles. The zero-order valence-electron chi connectivity index (χ0n) is 13.8. The Bertz CT molecular complexity index is 906. The molecule has 0 aliphatic heterocycles. The number of amides is 1. The number of benzene rings is 1. The number of hydrogen-bond acceptors (Lipinski definition) is 6. The third kappa shape index (κ3) is 3.47. The molecule has 0 fully saturated rings. The maximum absolute atomic E-state index is 12.6. The number of nitrogens with zero attached hydrogens (tertiary/aromatic N) is 1. The molecular weight excluding hydrogens is 364 g/mol. The minimum atomic E-state index is -0.355. The Morgan fingerprint density at radius 1 is 1.28 bits per heavy atom. The van der Waals surface area contributed by atoms with E-state index in [9.17, 15) is 4.79 Å². The third-order valence-electron chi connectivity index (χ3n) is 3.47. The van der Waals surface area contributed by atoms with Crippen molar-refractivity contribution in [2.24, 2.45) is 0 Å². The first-order chi connectivity index (χ1) is 12.0. The van der Waals surface area contributed by atoms with Gasteiger partial charge in [-0.25, -0.2) is 4.98 Å². The SMILES string of the molecule is COc1cc(OC)c(NC(=O)c2nc(-c3ccco3)sc2C)cc1Cl. The fourth-order valence-electron chi connectivity index (χ4n) is 2.25. The summed E-state index contributed by atoms with van der Waals surface area (Å²) in [7, 11) is 3.01. The number of anilines is 1. The minimum Gasteiger partial charge on any atom is -0.495 e. The van der Waals surface area contributed by atoms with Gasteiger partial charge in [-0.3, -0.25) is 4.79 Å². The molecule has 1 amide bonds. The van der Waals surface area contributed by atoms with E-state index in [1.54, 1.807) is 30.5 Å². The van der Waals surface area contributed by atoms with Crippen LogP contribution in [0.2, 0.25) is 5.02 Å². The number of methoxy groups -OCH3 is 2. The molecule has 0 bridgehead atoms. The number of nitrogens with one attached hydrogen (secondary N) is 1. The lowest BCUT2D eigenvalue weighted by molar-refractivity contribution is 0.102. The first-order valence-electron chi connectivity index (χ1n) is 7.27. The van der Waals surface area contributed by atoms with E-state index < -0.39 is 0 Å². The van der Waals surface area contributed by atoms with Gasteiger partial charge in [0.1, 0.15) is 17.2 Å². The predicted molar refractivity (Wildman–Crippen MR) is 97.1 cm³/mol. The molecule has 3 rings (SSSR count). The van der Waals surface area contributed by atoms with E-state index >= 15 is 0 Å². The van der Waals surface area contributed by atoms with Crippen LogP contribution in [0.25, 0.3) is 10.8 Å². The number of rotatable bonds is 5. The van der Waals surface area contributed by atoms with Crippen molar-refractivity contribution in [3.63, 3.8) is 0 Å². The topological polar surface area (TPSA) is 73.6 Å². The summed E-state index contributed by atoms with van der Waals surface area (Å²) in [6, 6.07) is 6.76. The summed E-state index contributed by atoms with van der Waals surface area (Å²) >= 11 is 7.52. The van der Waals surface area contributed by atoms with Gasteiger partial charge in [0.05, 0.1) is 31.2 Å². The normalized spacial score (nSPS) is 10.6. The predicted octanol–water partition coefficient (Wildman–Crippen LogP) is 4.63. The van der Waals surface area contributed by atoms with Crippen molar-refractivity contribution in [2.75, 3.05) is 19.5 Å². The summed E-state index contributed by atoms with van der Waals surface area (Å²) in [5.41, 5.74) is 0.760. The largest absolute Gasteiger partial charge is 0.495 e. The molecule has 8 heteroatoms. The van der Waals surface area contributed by atoms with Crippen LogP contribution >= 0.6 is 22.9 Å². The van der Waals surface area contributed by atoms with E-state index in [1.807, 2.05) is 6.92 Å². The van der Waals surface area contributed by atoms with Gasteiger partial charge in [0.15, 0.2) is 10.8 Å². The number of furan rings is 1. The van der Waals surface area contributed by atoms with Crippen molar-refractivity contribution in [2.45, 2.75) is 6.92 Å². The van der Waals surface area contributed by atoms with Crippen LogP contribution in [0.3, 0.4) is 0 Å². The van der Waals surface area contributed by atoms with Gasteiger partial charge in [0.25, 0.3) is 5.91 Å². The Kier molecular flexibility index (Phi) is 4.96. The minimum absolute atomic E-state index is 0.324. The van der Waals surface area contributed by atoms with Gasteiger partial charge in [0.2, 0.25) is 0 Å². The Morgan fingerprint density at radius 3 is 2.68 bits per heavy atom. The first-order valence-corrected chi connectivity index (χ1v) is 8.47. The summed E-state index contributed by atoms with van der Waals surface area (Å²) < 4.78 is 15.8. The van der Waals surface area contributed by atoms with Crippen molar-refractivity contribution in [3.8, 4) is 22.3 Å². The number of thiazole rings is 1. The van der Waals surface area contributed by atoms with Gasteiger partial charge in [-0.1, -0.05) is 11.6 Å². The molecule has 2 heterocycles. The fourth-order valence-corrected chi connectivity index (χ4v) is 3.37. The number of hydrogen-bond donors (Lipinski definition) is 1. The number of ether oxygens (including phenoxy) is 2. The lowest BCUT2D eigenvalue weighted by Gasteiger charge is -2.12. The van der Waals surface area contributed by atoms with E-state index in [0.717, 1.165) is 4.88 Å². The summed E-state index contributed by atoms with van der Waals surface area (Å²) in [6.45, 7) is 1.83. The molecule has 0 spiro atoms. The molecule has 6 nitrogen and oxygen atoms in total. The summed E-state index contributed by atoms with van der Waals surface area (Å²) in [5.74, 6) is 1.17. The van der Waals surface area contributed by atoms with Gasteiger partial charge in [-0.2, -0.15) is 0 Å². The van der Waals surface area contributed by atoms with Crippen LogP contribution < -0.4 is 14.8 Å². The Morgan fingerprint density at radius 2 is 2.04 bits per heavy atom. The highest BCUT2D eigenvalue weighted by atomic mass is 35.5. The van der Waals surface area contributed by atoms with E-state index in [1.165, 1.54) is 25.6 Å². The summed E-state index contributed by atoms with van der Waals surface area (Å²) in [5, 5.41) is 3.79. The average Bonchev–Trinajstić information content (AvgIpc) is 3.24. The molecule has 1 N–H and O–H groups in total. The van der Waals surface area contributed by atoms with E-state index in [4.69, 9.17) is 25.5 Å². The highest BCUT2D eigenvalue weighted by molar-refractivity contribution is 7.15. The maximum Gasteiger partial charge on any atom is 0.275 e. The quantitative estimate of drug-likeness (QED) is 0.700. The molecule has 1 aromatic carbocycles. The van der Waals surface area contributed by atoms with Crippen LogP contribution in [0.5, 0.6) is 11.5 Å². The van der Waals surface area contributed by atoms with Crippen LogP contribution in [-0.4, -0.2) is 25.1 Å². The summed E-state index contributed by atoms with van der Waals surface area (Å²) in [4.78, 5) is 17.8. The van der Waals surface area contributed by atoms with Crippen molar-refractivity contribution in [1.82, 2.24) is 4.98 Å². The maximum atomic E-state index is 12.6. The van der Waals surface area contributed by atoms with Gasteiger partial charge in [-0.05, 0) is 25.1 Å². The smallest absolute Gasteiger partial charge is 0.275 e. The lowest BCUT2D eigenvalue weighted by Crippen LogP contribution is -2.14. The second-order valence-electron chi connectivity index (χ2n) is 5.04. The zero-order chi connectivity index (χ0) is 18.0. The molecule has 0 aliphatic carbocycles. The van der Waals surface area contributed by atoms with Crippen LogP contribution in [0, 0.1) is 6.92 Å². The molecule has 0 saturated carbocycles. The summed E-state index contributed by atoms with van der Waals surface area (Å²) in [6.07, 6.45) is 1.57. The van der Waals surface area contributed by atoms with Crippen LogP contribution in [0.15, 0.2) is 34.9 Å². The van der Waals surface area contributed by atoms with Gasteiger partial charge >= 0.3 is 0 Å². The number of carbonyl (C=O) groups excluding carboxylic acids is 1. The molecule has 0 aliphatic rings. The van der Waals surface area contributed by atoms with Crippen LogP contribution in [-0.2, 0) is 0 Å². The molecule has 2 aromatic heterocycles. The van der Waals surface area contributed by atoms with Crippen molar-refractivity contribution >= 4 is 34.5 Å². The highest BCUT2D eigenvalue weighted by Gasteiger charge is 2.20. The molecule has 130 valence electrons. The second-order valence-corrected chi connectivity index (χ2v) is 6.65. The van der Waals surface area contributed by atoms with Crippen LogP contribution in [0.1, 0.15) is 15.4 Å². The number of carbonyl (C=O) groups is 1. The van der Waals surface area contributed by atoms with Crippen molar-refractivity contribution in [3.05, 3.63) is 46.1 Å². The molecule has 0 unspecified atom stereocenters. The molecule has 25 heavy (non-hydrogen) atoms. The number of aromatic nitrogens is 1. The average molecular weight is 379 g/mol.